The van der Waals surface area contributed by atoms with Gasteiger partial charge in [-0.25, -0.2) is 0 Å². The van der Waals surface area contributed by atoms with Gasteiger partial charge < -0.3 is 10.6 Å². The molecule has 1 rings (SSSR count). The van der Waals surface area contributed by atoms with E-state index in [1.54, 1.807) is 18.0 Å². The van der Waals surface area contributed by atoms with Crippen LogP contribution in [-0.4, -0.2) is 30.4 Å². The minimum Gasteiger partial charge on any atom is -0.342 e. The molecule has 106 valence electrons. The summed E-state index contributed by atoms with van der Waals surface area (Å²) in [5.41, 5.74) is 7.59. The minimum atomic E-state index is -0.0547. The van der Waals surface area contributed by atoms with E-state index in [0.29, 0.717) is 23.0 Å². The monoisotopic (exact) mass is 282 g/mol. The zero-order chi connectivity index (χ0) is 14.6. The molecule has 19 heavy (non-hydrogen) atoms. The molecule has 0 aliphatic heterocycles. The van der Waals surface area contributed by atoms with Gasteiger partial charge >= 0.3 is 0 Å². The summed E-state index contributed by atoms with van der Waals surface area (Å²) < 4.78 is 0. The Labute approximate surface area is 120 Å². The Hall–Kier alpha value is -1.06. The van der Waals surface area contributed by atoms with Crippen LogP contribution in [0.15, 0.2) is 18.2 Å². The lowest BCUT2D eigenvalue weighted by molar-refractivity contribution is 0.0789. The van der Waals surface area contributed by atoms with Crippen molar-refractivity contribution in [3.05, 3.63) is 34.3 Å². The second-order valence-corrected chi connectivity index (χ2v) is 5.81. The van der Waals surface area contributed by atoms with E-state index in [-0.39, 0.29) is 11.9 Å². The topological polar surface area (TPSA) is 46.3 Å². The standard InChI is InChI=1S/C15H23ClN2O/c1-10(2)14(17)7-8-18(4)15(19)12-6-5-11(3)9-13(12)16/h5-6,9-10,14H,7-8,17H2,1-4H3. The molecule has 2 N–H and O–H groups in total. The molecule has 0 bridgehead atoms. The van der Waals surface area contributed by atoms with Crippen LogP contribution in [0.5, 0.6) is 0 Å². The zero-order valence-electron chi connectivity index (χ0n) is 12.1. The van der Waals surface area contributed by atoms with Crippen molar-refractivity contribution >= 4 is 17.5 Å². The number of nitrogens with two attached hydrogens (primary N) is 1. The summed E-state index contributed by atoms with van der Waals surface area (Å²) in [5, 5.41) is 0.505. The fraction of sp³-hybridized carbons (Fsp3) is 0.533. The van der Waals surface area contributed by atoms with E-state index in [9.17, 15) is 4.79 Å². The predicted molar refractivity (Wildman–Crippen MR) is 80.6 cm³/mol. The molecule has 0 saturated heterocycles. The third-order valence-electron chi connectivity index (χ3n) is 3.36. The maximum atomic E-state index is 12.3. The molecule has 1 aromatic rings. The molecule has 3 nitrogen and oxygen atoms in total. The van der Waals surface area contributed by atoms with E-state index in [1.807, 2.05) is 19.1 Å². The number of nitrogens with zero attached hydrogens (tertiary/aromatic N) is 1. The quantitative estimate of drug-likeness (QED) is 0.902. The Morgan fingerprint density at radius 3 is 2.58 bits per heavy atom. The Kier molecular flexibility index (Phi) is 5.83. The molecule has 0 saturated carbocycles. The second kappa shape index (κ2) is 6.92. The summed E-state index contributed by atoms with van der Waals surface area (Å²) in [6.45, 7) is 6.76. The first-order chi connectivity index (χ1) is 8.82. The molecule has 0 heterocycles. The van der Waals surface area contributed by atoms with Gasteiger partial charge in [0.15, 0.2) is 0 Å². The maximum absolute atomic E-state index is 12.3. The van der Waals surface area contributed by atoms with Gasteiger partial charge in [-0.3, -0.25) is 4.79 Å². The summed E-state index contributed by atoms with van der Waals surface area (Å²) in [7, 11) is 1.78. The number of carbonyl (C=O) groups excluding carboxylic acids is 1. The molecule has 1 atom stereocenters. The first-order valence-electron chi connectivity index (χ1n) is 6.60. The molecule has 4 heteroatoms. The van der Waals surface area contributed by atoms with Crippen molar-refractivity contribution in [3.63, 3.8) is 0 Å². The fourth-order valence-corrected chi connectivity index (χ4v) is 2.09. The van der Waals surface area contributed by atoms with Crippen LogP contribution in [-0.2, 0) is 0 Å². The van der Waals surface area contributed by atoms with Crippen molar-refractivity contribution in [2.24, 2.45) is 11.7 Å². The zero-order valence-corrected chi connectivity index (χ0v) is 12.9. The van der Waals surface area contributed by atoms with Crippen molar-refractivity contribution in [1.82, 2.24) is 4.90 Å². The van der Waals surface area contributed by atoms with Gasteiger partial charge in [0.05, 0.1) is 10.6 Å². The van der Waals surface area contributed by atoms with Crippen LogP contribution in [0.25, 0.3) is 0 Å². The molecule has 1 amide bonds. The molecule has 0 spiro atoms. The highest BCUT2D eigenvalue weighted by Crippen LogP contribution is 2.19. The van der Waals surface area contributed by atoms with Gasteiger partial charge in [0.2, 0.25) is 0 Å². The second-order valence-electron chi connectivity index (χ2n) is 5.41. The molecule has 0 aliphatic rings. The lowest BCUT2D eigenvalue weighted by Gasteiger charge is -2.22. The average Bonchev–Trinajstić information content (AvgIpc) is 2.34. The van der Waals surface area contributed by atoms with Crippen LogP contribution in [0.1, 0.15) is 36.2 Å². The minimum absolute atomic E-state index is 0.0547. The summed E-state index contributed by atoms with van der Waals surface area (Å²) in [6.07, 6.45) is 0.795. The summed E-state index contributed by atoms with van der Waals surface area (Å²) in [6, 6.07) is 5.59. The van der Waals surface area contributed by atoms with Crippen molar-refractivity contribution < 1.29 is 4.79 Å². The van der Waals surface area contributed by atoms with E-state index in [1.165, 1.54) is 0 Å². The van der Waals surface area contributed by atoms with Crippen molar-refractivity contribution in [1.29, 1.82) is 0 Å². The fourth-order valence-electron chi connectivity index (χ4n) is 1.78. The summed E-state index contributed by atoms with van der Waals surface area (Å²) >= 11 is 6.11. The van der Waals surface area contributed by atoms with Gasteiger partial charge in [-0.2, -0.15) is 0 Å². The van der Waals surface area contributed by atoms with Crippen LogP contribution < -0.4 is 5.73 Å². The number of hydrogen-bond acceptors (Lipinski definition) is 2. The summed E-state index contributed by atoms with van der Waals surface area (Å²) in [5.74, 6) is 0.368. The van der Waals surface area contributed by atoms with Crippen LogP contribution in [0.2, 0.25) is 5.02 Å². The SMILES string of the molecule is Cc1ccc(C(=O)N(C)CCC(N)C(C)C)c(Cl)c1. The van der Waals surface area contributed by atoms with Gasteiger partial charge in [0, 0.05) is 19.6 Å². The van der Waals surface area contributed by atoms with Gasteiger partial charge in [-0.1, -0.05) is 31.5 Å². The number of amides is 1. The van der Waals surface area contributed by atoms with E-state index in [0.717, 1.165) is 12.0 Å². The molecule has 0 fully saturated rings. The van der Waals surface area contributed by atoms with Crippen LogP contribution >= 0.6 is 11.6 Å². The Morgan fingerprint density at radius 2 is 2.05 bits per heavy atom. The average molecular weight is 283 g/mol. The van der Waals surface area contributed by atoms with Crippen LogP contribution in [0, 0.1) is 12.8 Å². The van der Waals surface area contributed by atoms with Gasteiger partial charge in [0.1, 0.15) is 0 Å². The Bertz CT molecular complexity index is 446. The van der Waals surface area contributed by atoms with Crippen molar-refractivity contribution in [2.45, 2.75) is 33.2 Å². The molecule has 1 unspecified atom stereocenters. The van der Waals surface area contributed by atoms with Crippen molar-refractivity contribution in [3.8, 4) is 0 Å². The highest BCUT2D eigenvalue weighted by atomic mass is 35.5. The Morgan fingerprint density at radius 1 is 1.42 bits per heavy atom. The van der Waals surface area contributed by atoms with E-state index >= 15 is 0 Å². The third kappa shape index (κ3) is 4.51. The number of aryl methyl sites for hydroxylation is 1. The maximum Gasteiger partial charge on any atom is 0.255 e. The van der Waals surface area contributed by atoms with Gasteiger partial charge in [-0.15, -0.1) is 0 Å². The predicted octanol–water partition coefficient (Wildman–Crippen LogP) is 3.09. The third-order valence-corrected chi connectivity index (χ3v) is 3.67. The lowest BCUT2D eigenvalue weighted by atomic mass is 10.0. The number of hydrogen-bond donors (Lipinski definition) is 1. The number of halogens is 1. The number of benzene rings is 1. The molecule has 0 aliphatic carbocycles. The molecule has 1 aromatic carbocycles. The normalized spacial score (nSPS) is 12.6. The number of rotatable bonds is 5. The van der Waals surface area contributed by atoms with Crippen molar-refractivity contribution in [2.75, 3.05) is 13.6 Å². The smallest absolute Gasteiger partial charge is 0.255 e. The summed E-state index contributed by atoms with van der Waals surface area (Å²) in [4.78, 5) is 13.9. The molecular weight excluding hydrogens is 260 g/mol. The van der Waals surface area contributed by atoms with Gasteiger partial charge in [0.25, 0.3) is 5.91 Å². The lowest BCUT2D eigenvalue weighted by Crippen LogP contribution is -2.34. The van der Waals surface area contributed by atoms with E-state index in [2.05, 4.69) is 13.8 Å². The molecule has 0 radical (unpaired) electrons. The first-order valence-corrected chi connectivity index (χ1v) is 6.98. The number of carbonyl (C=O) groups is 1. The highest BCUT2D eigenvalue weighted by molar-refractivity contribution is 6.33. The van der Waals surface area contributed by atoms with E-state index in [4.69, 9.17) is 17.3 Å². The highest BCUT2D eigenvalue weighted by Gasteiger charge is 2.16. The Balaban J connectivity index is 2.66. The molecule has 0 aromatic heterocycles. The molecular formula is C15H23ClN2O. The van der Waals surface area contributed by atoms with Crippen LogP contribution in [0.3, 0.4) is 0 Å². The van der Waals surface area contributed by atoms with Crippen LogP contribution in [0.4, 0.5) is 0 Å². The van der Waals surface area contributed by atoms with Gasteiger partial charge in [-0.05, 0) is 37.0 Å². The largest absolute Gasteiger partial charge is 0.342 e. The first kappa shape index (κ1) is 16.0. The van der Waals surface area contributed by atoms with E-state index < -0.39 is 0 Å².